The molecule has 1 fully saturated rings. The lowest BCUT2D eigenvalue weighted by atomic mass is 9.73. The van der Waals surface area contributed by atoms with Gasteiger partial charge in [-0.15, -0.1) is 0 Å². The van der Waals surface area contributed by atoms with E-state index in [0.717, 1.165) is 38.2 Å². The number of anilines is 1. The Morgan fingerprint density at radius 1 is 1.30 bits per heavy atom. The molecule has 0 bridgehead atoms. The highest BCUT2D eigenvalue weighted by Gasteiger charge is 2.48. The molecule has 1 aromatic heterocycles. The molecule has 2 heterocycles. The number of nitrogens with zero attached hydrogens (tertiary/aromatic N) is 4. The van der Waals surface area contributed by atoms with Gasteiger partial charge in [0.1, 0.15) is 5.82 Å². The van der Waals surface area contributed by atoms with E-state index in [1.807, 2.05) is 12.3 Å². The largest absolute Gasteiger partial charge is 0.395 e. The molecule has 2 aromatic rings. The van der Waals surface area contributed by atoms with Crippen molar-refractivity contribution in [3.8, 4) is 0 Å². The van der Waals surface area contributed by atoms with Crippen molar-refractivity contribution in [1.82, 2.24) is 14.9 Å². The number of rotatable bonds is 4. The van der Waals surface area contributed by atoms with Crippen molar-refractivity contribution in [2.45, 2.75) is 30.6 Å². The smallest absolute Gasteiger partial charge is 0.229 e. The maximum atomic E-state index is 13.0. The van der Waals surface area contributed by atoms with Crippen molar-refractivity contribution in [2.24, 2.45) is 0 Å². The average molecular weight is 366 g/mol. The SMILES string of the molecule is CN(CCO)C(=O)C1CC2(CCN(c3cnccn3)CC2)c2ccccc21. The minimum Gasteiger partial charge on any atom is -0.395 e. The first-order valence-corrected chi connectivity index (χ1v) is 9.61. The summed E-state index contributed by atoms with van der Waals surface area (Å²) in [6.45, 7) is 2.21. The predicted octanol–water partition coefficient (Wildman–Crippen LogP) is 1.95. The van der Waals surface area contributed by atoms with Crippen LogP contribution in [0.3, 0.4) is 0 Å². The Balaban J connectivity index is 1.57. The molecular weight excluding hydrogens is 340 g/mol. The molecule has 142 valence electrons. The van der Waals surface area contributed by atoms with Crippen LogP contribution in [-0.4, -0.2) is 59.2 Å². The predicted molar refractivity (Wildman–Crippen MR) is 104 cm³/mol. The molecule has 1 N–H and O–H groups in total. The number of hydrogen-bond acceptors (Lipinski definition) is 5. The first-order valence-electron chi connectivity index (χ1n) is 9.61. The summed E-state index contributed by atoms with van der Waals surface area (Å²) < 4.78 is 0. The number of aromatic nitrogens is 2. The van der Waals surface area contributed by atoms with Crippen LogP contribution in [0.1, 0.15) is 36.3 Å². The lowest BCUT2D eigenvalue weighted by molar-refractivity contribution is -0.132. The van der Waals surface area contributed by atoms with E-state index < -0.39 is 0 Å². The van der Waals surface area contributed by atoms with E-state index in [1.165, 1.54) is 11.1 Å². The van der Waals surface area contributed by atoms with Crippen LogP contribution in [0.15, 0.2) is 42.9 Å². The zero-order chi connectivity index (χ0) is 18.9. The maximum absolute atomic E-state index is 13.0. The van der Waals surface area contributed by atoms with E-state index in [1.54, 1.807) is 24.3 Å². The first-order chi connectivity index (χ1) is 13.1. The molecule has 1 amide bonds. The van der Waals surface area contributed by atoms with Crippen molar-refractivity contribution < 1.29 is 9.90 Å². The van der Waals surface area contributed by atoms with Crippen LogP contribution in [0.4, 0.5) is 5.82 Å². The number of fused-ring (bicyclic) bond motifs is 2. The normalized spacial score (nSPS) is 20.5. The summed E-state index contributed by atoms with van der Waals surface area (Å²) in [5.74, 6) is 0.930. The fourth-order valence-corrected chi connectivity index (χ4v) is 4.73. The van der Waals surface area contributed by atoms with E-state index >= 15 is 0 Å². The third-order valence-corrected chi connectivity index (χ3v) is 6.21. The number of carbonyl (C=O) groups is 1. The molecule has 6 heteroatoms. The molecule has 0 saturated carbocycles. The van der Waals surface area contributed by atoms with Gasteiger partial charge in [-0.1, -0.05) is 24.3 Å². The molecule has 6 nitrogen and oxygen atoms in total. The number of benzene rings is 1. The highest BCUT2D eigenvalue weighted by atomic mass is 16.3. The van der Waals surface area contributed by atoms with Gasteiger partial charge in [0.2, 0.25) is 5.91 Å². The van der Waals surface area contributed by atoms with Gasteiger partial charge in [-0.25, -0.2) is 4.98 Å². The molecular formula is C21H26N4O2. The number of likely N-dealkylation sites (N-methyl/N-ethyl adjacent to an activating group) is 1. The van der Waals surface area contributed by atoms with Gasteiger partial charge in [0.15, 0.2) is 0 Å². The van der Waals surface area contributed by atoms with E-state index in [2.05, 4.69) is 33.1 Å². The second-order valence-electron chi connectivity index (χ2n) is 7.66. The van der Waals surface area contributed by atoms with Gasteiger partial charge in [0, 0.05) is 44.5 Å². The van der Waals surface area contributed by atoms with Gasteiger partial charge >= 0.3 is 0 Å². The van der Waals surface area contributed by atoms with Crippen LogP contribution in [0.25, 0.3) is 0 Å². The first kappa shape index (κ1) is 17.9. The highest BCUT2D eigenvalue weighted by molar-refractivity contribution is 5.85. The lowest BCUT2D eigenvalue weighted by Gasteiger charge is -2.40. The van der Waals surface area contributed by atoms with Crippen LogP contribution in [0, 0.1) is 0 Å². The van der Waals surface area contributed by atoms with E-state index in [-0.39, 0.29) is 23.8 Å². The van der Waals surface area contributed by atoms with Crippen LogP contribution < -0.4 is 4.90 Å². The topological polar surface area (TPSA) is 69.6 Å². The van der Waals surface area contributed by atoms with Gasteiger partial charge in [-0.05, 0) is 30.4 Å². The summed E-state index contributed by atoms with van der Waals surface area (Å²) in [4.78, 5) is 25.6. The molecule has 1 aromatic carbocycles. The standard InChI is InChI=1S/C21H26N4O2/c1-24(12-13-26)20(27)17-14-21(18-5-3-2-4-16(17)18)6-10-25(11-7-21)19-15-22-8-9-23-19/h2-5,8-9,15,17,26H,6-7,10-14H2,1H3. The van der Waals surface area contributed by atoms with Gasteiger partial charge in [0.25, 0.3) is 0 Å². The van der Waals surface area contributed by atoms with Crippen molar-refractivity contribution in [2.75, 3.05) is 38.2 Å². The molecule has 1 aliphatic carbocycles. The van der Waals surface area contributed by atoms with Crippen molar-refractivity contribution in [1.29, 1.82) is 0 Å². The van der Waals surface area contributed by atoms with Gasteiger partial charge in [-0.2, -0.15) is 0 Å². The Morgan fingerprint density at radius 3 is 2.78 bits per heavy atom. The number of hydrogen-bond donors (Lipinski definition) is 1. The summed E-state index contributed by atoms with van der Waals surface area (Å²) in [6, 6.07) is 8.42. The number of aliphatic hydroxyl groups excluding tert-OH is 1. The van der Waals surface area contributed by atoms with Crippen LogP contribution in [0.5, 0.6) is 0 Å². The number of carbonyl (C=O) groups excluding carboxylic acids is 1. The van der Waals surface area contributed by atoms with Crippen molar-refractivity contribution in [3.63, 3.8) is 0 Å². The van der Waals surface area contributed by atoms with Crippen molar-refractivity contribution >= 4 is 11.7 Å². The van der Waals surface area contributed by atoms with Crippen molar-refractivity contribution in [3.05, 3.63) is 54.0 Å². The molecule has 1 spiro atoms. The summed E-state index contributed by atoms with van der Waals surface area (Å²) in [5.41, 5.74) is 2.55. The quantitative estimate of drug-likeness (QED) is 0.896. The van der Waals surface area contributed by atoms with Gasteiger partial charge < -0.3 is 14.9 Å². The fourth-order valence-electron chi connectivity index (χ4n) is 4.73. The minimum atomic E-state index is -0.110. The van der Waals surface area contributed by atoms with E-state index in [9.17, 15) is 9.90 Å². The second-order valence-corrected chi connectivity index (χ2v) is 7.66. The van der Waals surface area contributed by atoms with Gasteiger partial charge in [0.05, 0.1) is 18.7 Å². The summed E-state index contributed by atoms with van der Waals surface area (Å²) in [7, 11) is 1.78. The molecule has 27 heavy (non-hydrogen) atoms. The molecule has 1 atom stereocenters. The lowest BCUT2D eigenvalue weighted by Crippen LogP contribution is -2.42. The Bertz CT molecular complexity index is 803. The van der Waals surface area contributed by atoms with Crippen LogP contribution in [-0.2, 0) is 10.2 Å². The minimum absolute atomic E-state index is 0.00514. The second kappa shape index (κ2) is 7.27. The fraction of sp³-hybridized carbons (Fsp3) is 0.476. The monoisotopic (exact) mass is 366 g/mol. The Hall–Kier alpha value is -2.47. The Kier molecular flexibility index (Phi) is 4.83. The molecule has 4 rings (SSSR count). The summed E-state index contributed by atoms with van der Waals surface area (Å²) in [5, 5.41) is 9.19. The summed E-state index contributed by atoms with van der Waals surface area (Å²) >= 11 is 0. The third-order valence-electron chi connectivity index (χ3n) is 6.21. The van der Waals surface area contributed by atoms with Crippen LogP contribution in [0.2, 0.25) is 0 Å². The molecule has 2 aliphatic rings. The summed E-state index contributed by atoms with van der Waals surface area (Å²) in [6.07, 6.45) is 8.12. The number of piperidine rings is 1. The van der Waals surface area contributed by atoms with E-state index in [4.69, 9.17) is 0 Å². The third kappa shape index (κ3) is 3.18. The molecule has 0 radical (unpaired) electrons. The zero-order valence-corrected chi connectivity index (χ0v) is 15.7. The van der Waals surface area contributed by atoms with Gasteiger partial charge in [-0.3, -0.25) is 9.78 Å². The number of aliphatic hydroxyl groups is 1. The van der Waals surface area contributed by atoms with Crippen LogP contribution >= 0.6 is 0 Å². The number of amides is 1. The zero-order valence-electron chi connectivity index (χ0n) is 15.7. The molecule has 1 unspecified atom stereocenters. The maximum Gasteiger partial charge on any atom is 0.229 e. The highest BCUT2D eigenvalue weighted by Crippen LogP contribution is 2.52. The van der Waals surface area contributed by atoms with E-state index in [0.29, 0.717) is 6.54 Å². The molecule has 1 aliphatic heterocycles. The average Bonchev–Trinajstić information content (AvgIpc) is 3.03. The molecule has 1 saturated heterocycles. The Labute approximate surface area is 159 Å². The Morgan fingerprint density at radius 2 is 2.07 bits per heavy atom.